The highest BCUT2D eigenvalue weighted by molar-refractivity contribution is 6.35. The molecule has 1 aliphatic rings. The molecule has 4 rings (SSSR count). The van der Waals surface area contributed by atoms with Gasteiger partial charge in [0.1, 0.15) is 0 Å². The molecular weight excluding hydrogens is 548 g/mol. The molecule has 5 nitrogen and oxygen atoms in total. The summed E-state index contributed by atoms with van der Waals surface area (Å²) in [5, 5.41) is 1.03. The molecule has 1 aliphatic heterocycles. The number of hydrogen-bond donors (Lipinski definition) is 2. The van der Waals surface area contributed by atoms with E-state index in [4.69, 9.17) is 28.9 Å². The second-order valence-electron chi connectivity index (χ2n) is 10.4. The number of alkyl halides is 3. The number of hydrogen-bond acceptors (Lipinski definition) is 3. The quantitative estimate of drug-likeness (QED) is 0.299. The van der Waals surface area contributed by atoms with Gasteiger partial charge < -0.3 is 20.5 Å². The number of amides is 1. The summed E-state index contributed by atoms with van der Waals surface area (Å²) < 4.78 is 40.5. The number of benzene rings is 2. The fraction of sp³-hybridized carbons (Fsp3) is 0.414. The Hall–Kier alpha value is -2.68. The van der Waals surface area contributed by atoms with E-state index in [-0.39, 0.29) is 11.8 Å². The number of aromatic nitrogens is 1. The van der Waals surface area contributed by atoms with Crippen LogP contribution in [-0.2, 0) is 17.4 Å². The molecule has 0 radical (unpaired) electrons. The maximum Gasteiger partial charge on any atom is 0.416 e. The summed E-state index contributed by atoms with van der Waals surface area (Å²) >= 11 is 12.5. The van der Waals surface area contributed by atoms with Crippen molar-refractivity contribution in [3.63, 3.8) is 0 Å². The van der Waals surface area contributed by atoms with Crippen molar-refractivity contribution in [3.8, 4) is 0 Å². The number of H-pyrrole nitrogens is 1. The van der Waals surface area contributed by atoms with Crippen molar-refractivity contribution < 1.29 is 18.0 Å². The van der Waals surface area contributed by atoms with Crippen LogP contribution in [0.4, 0.5) is 18.9 Å². The Bertz CT molecular complexity index is 1270. The van der Waals surface area contributed by atoms with Crippen LogP contribution in [0.5, 0.6) is 0 Å². The SMILES string of the molecule is CC(C)CC(N)c1cc(C(F)(F)F)ccc1N1CCN(C(=O)C(Cc2ccc(Cl)cc2Cl)c2ccc[nH]2)CC1. The van der Waals surface area contributed by atoms with E-state index in [1.807, 2.05) is 41.8 Å². The van der Waals surface area contributed by atoms with Gasteiger partial charge >= 0.3 is 6.18 Å². The lowest BCUT2D eigenvalue weighted by atomic mass is 9.93. The minimum Gasteiger partial charge on any atom is -0.368 e. The predicted octanol–water partition coefficient (Wildman–Crippen LogP) is 7.06. The lowest BCUT2D eigenvalue weighted by molar-refractivity contribution is -0.137. The van der Waals surface area contributed by atoms with E-state index in [1.165, 1.54) is 12.1 Å². The zero-order chi connectivity index (χ0) is 28.3. The highest BCUT2D eigenvalue weighted by atomic mass is 35.5. The monoisotopic (exact) mass is 580 g/mol. The number of halogens is 5. The van der Waals surface area contributed by atoms with Gasteiger partial charge in [-0.05, 0) is 72.4 Å². The van der Waals surface area contributed by atoms with Gasteiger partial charge in [0, 0.05) is 59.8 Å². The van der Waals surface area contributed by atoms with Crippen molar-refractivity contribution in [2.75, 3.05) is 31.1 Å². The highest BCUT2D eigenvalue weighted by Gasteiger charge is 2.34. The molecule has 0 bridgehead atoms. The molecule has 3 aromatic rings. The number of aromatic amines is 1. The molecule has 2 unspecified atom stereocenters. The fourth-order valence-corrected chi connectivity index (χ4v) is 5.62. The number of nitrogens with zero attached hydrogens (tertiary/aromatic N) is 2. The van der Waals surface area contributed by atoms with Crippen LogP contribution in [0.25, 0.3) is 0 Å². The molecule has 0 spiro atoms. The number of rotatable bonds is 8. The molecule has 2 atom stereocenters. The first-order valence-electron chi connectivity index (χ1n) is 13.0. The third-order valence-corrected chi connectivity index (χ3v) is 7.73. The van der Waals surface area contributed by atoms with Crippen LogP contribution in [0.1, 0.15) is 54.6 Å². The summed E-state index contributed by atoms with van der Waals surface area (Å²) in [5.74, 6) is -0.269. The first kappa shape index (κ1) is 29.3. The average Bonchev–Trinajstić information content (AvgIpc) is 3.41. The second kappa shape index (κ2) is 12.2. The molecule has 2 heterocycles. The smallest absolute Gasteiger partial charge is 0.368 e. The van der Waals surface area contributed by atoms with E-state index in [0.717, 1.165) is 17.3 Å². The Labute approximate surface area is 237 Å². The summed E-state index contributed by atoms with van der Waals surface area (Å²) in [6.07, 6.45) is -1.69. The molecule has 1 aromatic heterocycles. The van der Waals surface area contributed by atoms with Crippen LogP contribution in [0.2, 0.25) is 10.0 Å². The largest absolute Gasteiger partial charge is 0.416 e. The van der Waals surface area contributed by atoms with Crippen molar-refractivity contribution in [3.05, 3.63) is 87.2 Å². The van der Waals surface area contributed by atoms with Crippen molar-refractivity contribution in [1.29, 1.82) is 0 Å². The molecule has 0 aliphatic carbocycles. The Kier molecular flexibility index (Phi) is 9.19. The standard InChI is InChI=1S/C29H33Cl2F3N4O/c1-18(2)14-25(35)22-16-20(29(32,33)34)6-8-27(22)37-10-12-38(13-11-37)28(39)23(26-4-3-9-36-26)15-19-5-7-21(30)17-24(19)31/h3-9,16-18,23,25,36H,10-15,35H2,1-2H3. The van der Waals surface area contributed by atoms with Crippen LogP contribution in [0.15, 0.2) is 54.7 Å². The van der Waals surface area contributed by atoms with Gasteiger partial charge in [-0.25, -0.2) is 0 Å². The summed E-state index contributed by atoms with van der Waals surface area (Å²) in [6.45, 7) is 5.83. The van der Waals surface area contributed by atoms with Crippen LogP contribution in [0, 0.1) is 5.92 Å². The lowest BCUT2D eigenvalue weighted by Crippen LogP contribution is -2.50. The molecule has 39 heavy (non-hydrogen) atoms. The topological polar surface area (TPSA) is 65.4 Å². The normalized spacial score (nSPS) is 16.0. The summed E-state index contributed by atoms with van der Waals surface area (Å²) in [4.78, 5) is 20.7. The zero-order valence-electron chi connectivity index (χ0n) is 21.9. The average molecular weight is 582 g/mol. The molecule has 0 saturated carbocycles. The lowest BCUT2D eigenvalue weighted by Gasteiger charge is -2.39. The Morgan fingerprint density at radius 2 is 1.77 bits per heavy atom. The molecule has 1 fully saturated rings. The number of nitrogens with two attached hydrogens (primary N) is 1. The van der Waals surface area contributed by atoms with E-state index < -0.39 is 23.7 Å². The van der Waals surface area contributed by atoms with E-state index in [0.29, 0.717) is 60.3 Å². The molecular formula is C29H33Cl2F3N4O. The first-order chi connectivity index (χ1) is 18.4. The van der Waals surface area contributed by atoms with Crippen molar-refractivity contribution in [1.82, 2.24) is 9.88 Å². The Morgan fingerprint density at radius 3 is 2.36 bits per heavy atom. The minimum atomic E-state index is -4.45. The number of carbonyl (C=O) groups excluding carboxylic acids is 1. The maximum atomic E-state index is 13.7. The van der Waals surface area contributed by atoms with Crippen LogP contribution in [0.3, 0.4) is 0 Å². The Morgan fingerprint density at radius 1 is 1.05 bits per heavy atom. The van der Waals surface area contributed by atoms with Crippen LogP contribution in [-0.4, -0.2) is 42.0 Å². The van der Waals surface area contributed by atoms with Gasteiger partial charge in [0.15, 0.2) is 0 Å². The number of piperazine rings is 1. The van der Waals surface area contributed by atoms with Gasteiger partial charge in [-0.2, -0.15) is 13.2 Å². The third-order valence-electron chi connectivity index (χ3n) is 7.15. The summed E-state index contributed by atoms with van der Waals surface area (Å²) in [5.41, 5.74) is 8.48. The fourth-order valence-electron chi connectivity index (χ4n) is 5.14. The van der Waals surface area contributed by atoms with Crippen LogP contribution < -0.4 is 10.6 Å². The minimum absolute atomic E-state index is 0.0349. The molecule has 10 heteroatoms. The van der Waals surface area contributed by atoms with Crippen molar-refractivity contribution >= 4 is 34.8 Å². The first-order valence-corrected chi connectivity index (χ1v) is 13.8. The van der Waals surface area contributed by atoms with Gasteiger partial charge in [0.25, 0.3) is 0 Å². The summed E-state index contributed by atoms with van der Waals surface area (Å²) in [6, 6.07) is 12.3. The predicted molar refractivity (Wildman–Crippen MR) is 150 cm³/mol. The van der Waals surface area contributed by atoms with Gasteiger partial charge in [0.05, 0.1) is 11.5 Å². The number of carbonyl (C=O) groups is 1. The molecule has 1 amide bonds. The van der Waals surface area contributed by atoms with Gasteiger partial charge in [-0.15, -0.1) is 0 Å². The molecule has 3 N–H and O–H groups in total. The van der Waals surface area contributed by atoms with Gasteiger partial charge in [0.2, 0.25) is 5.91 Å². The molecule has 2 aromatic carbocycles. The van der Waals surface area contributed by atoms with E-state index in [2.05, 4.69) is 4.98 Å². The number of nitrogens with one attached hydrogen (secondary N) is 1. The van der Waals surface area contributed by atoms with Crippen molar-refractivity contribution in [2.45, 2.75) is 44.8 Å². The number of anilines is 1. The molecule has 1 saturated heterocycles. The van der Waals surface area contributed by atoms with Gasteiger partial charge in [-0.1, -0.05) is 43.1 Å². The van der Waals surface area contributed by atoms with E-state index in [1.54, 1.807) is 18.3 Å². The highest BCUT2D eigenvalue weighted by Crippen LogP contribution is 2.37. The maximum absolute atomic E-state index is 13.7. The Balaban J connectivity index is 1.53. The van der Waals surface area contributed by atoms with Gasteiger partial charge in [-0.3, -0.25) is 4.79 Å². The van der Waals surface area contributed by atoms with E-state index in [9.17, 15) is 18.0 Å². The van der Waals surface area contributed by atoms with Crippen LogP contribution >= 0.6 is 23.2 Å². The van der Waals surface area contributed by atoms with E-state index >= 15 is 0 Å². The third kappa shape index (κ3) is 7.10. The molecule has 210 valence electrons. The summed E-state index contributed by atoms with van der Waals surface area (Å²) in [7, 11) is 0. The zero-order valence-corrected chi connectivity index (χ0v) is 23.5. The second-order valence-corrected chi connectivity index (χ2v) is 11.3. The van der Waals surface area contributed by atoms with Crippen molar-refractivity contribution in [2.24, 2.45) is 11.7 Å².